The number of hydrogen-bond acceptors (Lipinski definition) is 5. The van der Waals surface area contributed by atoms with Crippen LogP contribution in [0.5, 0.6) is 5.75 Å². The molecule has 1 aliphatic carbocycles. The number of aliphatic carboxylic acids is 2. The molecule has 2 aliphatic rings. The van der Waals surface area contributed by atoms with Gasteiger partial charge < -0.3 is 20.3 Å². The van der Waals surface area contributed by atoms with Gasteiger partial charge in [0.1, 0.15) is 11.6 Å². The monoisotopic (exact) mass is 506 g/mol. The lowest BCUT2D eigenvalue weighted by molar-refractivity contribution is -0.192. The number of alkyl halides is 3. The van der Waals surface area contributed by atoms with E-state index < -0.39 is 18.1 Å². The number of carboxylic acids is 2. The molecule has 3 N–H and O–H groups in total. The van der Waals surface area contributed by atoms with Gasteiger partial charge in [0.2, 0.25) is 0 Å². The lowest BCUT2D eigenvalue weighted by Crippen LogP contribution is -2.36. The van der Waals surface area contributed by atoms with Crippen molar-refractivity contribution in [1.82, 2.24) is 4.98 Å². The highest BCUT2D eigenvalue weighted by Gasteiger charge is 2.44. The van der Waals surface area contributed by atoms with Crippen LogP contribution in [0.15, 0.2) is 48.0 Å². The number of rotatable bonds is 6. The highest BCUT2D eigenvalue weighted by atomic mass is 19.4. The number of benzene rings is 1. The maximum atomic E-state index is 11.0. The summed E-state index contributed by atoms with van der Waals surface area (Å²) in [6.45, 7) is 5.81. The number of nitrogens with one attached hydrogen (secondary N) is 1. The van der Waals surface area contributed by atoms with Crippen LogP contribution in [-0.2, 0) is 22.4 Å². The number of nitrogens with zero attached hydrogens (tertiary/aromatic N) is 1. The summed E-state index contributed by atoms with van der Waals surface area (Å²) in [5.74, 6) is -1.40. The van der Waals surface area contributed by atoms with E-state index >= 15 is 0 Å². The normalized spacial score (nSPS) is 19.1. The number of halogens is 3. The van der Waals surface area contributed by atoms with Crippen LogP contribution in [0, 0.1) is 5.41 Å². The molecule has 7 nitrogen and oxygen atoms in total. The molecule has 1 aromatic carbocycles. The van der Waals surface area contributed by atoms with Gasteiger partial charge in [-0.05, 0) is 59.9 Å². The molecule has 2 heterocycles. The number of allylic oxidation sites excluding steroid dienone is 1. The first kappa shape index (κ1) is 27.0. The van der Waals surface area contributed by atoms with Crippen molar-refractivity contribution in [2.75, 3.05) is 18.5 Å². The fourth-order valence-corrected chi connectivity index (χ4v) is 4.34. The van der Waals surface area contributed by atoms with E-state index in [-0.39, 0.29) is 5.41 Å². The zero-order chi connectivity index (χ0) is 26.5. The van der Waals surface area contributed by atoms with Crippen LogP contribution in [0.4, 0.5) is 19.0 Å². The molecule has 1 aliphatic heterocycles. The molecule has 0 spiro atoms. The predicted octanol–water partition coefficient (Wildman–Crippen LogP) is 5.22. The Balaban J connectivity index is 0.000000454. The molecule has 0 amide bonds. The summed E-state index contributed by atoms with van der Waals surface area (Å²) < 4.78 is 37.7. The van der Waals surface area contributed by atoms with Crippen molar-refractivity contribution < 1.29 is 37.7 Å². The van der Waals surface area contributed by atoms with Gasteiger partial charge in [0, 0.05) is 24.7 Å². The Morgan fingerprint density at radius 3 is 2.42 bits per heavy atom. The molecule has 36 heavy (non-hydrogen) atoms. The number of carbonyl (C=O) groups is 2. The fourth-order valence-electron chi connectivity index (χ4n) is 4.34. The molecule has 0 saturated heterocycles. The zero-order valence-corrected chi connectivity index (χ0v) is 20.1. The van der Waals surface area contributed by atoms with Crippen molar-refractivity contribution in [2.45, 2.75) is 51.6 Å². The molecular weight excluding hydrogens is 477 g/mol. The van der Waals surface area contributed by atoms with E-state index in [4.69, 9.17) is 24.7 Å². The van der Waals surface area contributed by atoms with E-state index in [2.05, 4.69) is 43.4 Å². The molecule has 0 bridgehead atoms. The first-order chi connectivity index (χ1) is 16.9. The first-order valence-electron chi connectivity index (χ1n) is 11.6. The second-order valence-electron chi connectivity index (χ2n) is 9.30. The molecule has 1 unspecified atom stereocenters. The van der Waals surface area contributed by atoms with E-state index in [1.807, 2.05) is 12.1 Å². The standard InChI is InChI=1S/C24H28N2O3.C2HF3O2/c1-24(2)18(15-22(27)28)14-21(24)16-6-9-20(10-7-16)29-13-11-19-8-5-17-4-3-12-25-23(17)26-19;3-2(4,5)1(6)7/h5-10,15,21H,3-4,11-14H2,1-2H3,(H,25,26)(H,27,28);(H,6,7)/b18-15+;. The van der Waals surface area contributed by atoms with Gasteiger partial charge in [-0.2, -0.15) is 13.2 Å². The quantitative estimate of drug-likeness (QED) is 0.461. The highest BCUT2D eigenvalue weighted by molar-refractivity contribution is 5.81. The smallest absolute Gasteiger partial charge is 0.490 e. The SMILES string of the molecule is CC1(C)/C(=C/C(=O)O)CC1c1ccc(OCCc2ccc3c(n2)NCCC3)cc1.O=C(O)C(F)(F)F. The molecule has 1 saturated carbocycles. The van der Waals surface area contributed by atoms with E-state index in [0.29, 0.717) is 12.5 Å². The molecule has 10 heteroatoms. The van der Waals surface area contributed by atoms with Gasteiger partial charge in [-0.3, -0.25) is 0 Å². The second-order valence-corrected chi connectivity index (χ2v) is 9.30. The van der Waals surface area contributed by atoms with Gasteiger partial charge in [-0.25, -0.2) is 14.6 Å². The molecule has 0 radical (unpaired) electrons. The minimum Gasteiger partial charge on any atom is -0.493 e. The van der Waals surface area contributed by atoms with Crippen LogP contribution in [0.25, 0.3) is 0 Å². The van der Waals surface area contributed by atoms with Gasteiger partial charge in [0.05, 0.1) is 6.61 Å². The summed E-state index contributed by atoms with van der Waals surface area (Å²) in [6, 6.07) is 12.5. The van der Waals surface area contributed by atoms with Crippen LogP contribution in [0.3, 0.4) is 0 Å². The minimum absolute atomic E-state index is 0.118. The topological polar surface area (TPSA) is 109 Å². The third-order valence-electron chi connectivity index (χ3n) is 6.52. The van der Waals surface area contributed by atoms with Crippen molar-refractivity contribution in [3.8, 4) is 5.75 Å². The summed E-state index contributed by atoms with van der Waals surface area (Å²) in [7, 11) is 0. The van der Waals surface area contributed by atoms with Crippen molar-refractivity contribution in [3.63, 3.8) is 0 Å². The van der Waals surface area contributed by atoms with Gasteiger partial charge in [0.25, 0.3) is 0 Å². The van der Waals surface area contributed by atoms with Gasteiger partial charge in [-0.15, -0.1) is 0 Å². The summed E-state index contributed by atoms with van der Waals surface area (Å²) in [5, 5.41) is 19.5. The molecule has 194 valence electrons. The first-order valence-corrected chi connectivity index (χ1v) is 11.6. The average Bonchev–Trinajstić information content (AvgIpc) is 2.82. The van der Waals surface area contributed by atoms with Crippen molar-refractivity contribution >= 4 is 17.8 Å². The summed E-state index contributed by atoms with van der Waals surface area (Å²) in [4.78, 5) is 24.6. The van der Waals surface area contributed by atoms with Crippen LogP contribution in [0.2, 0.25) is 0 Å². The van der Waals surface area contributed by atoms with Crippen LogP contribution in [0.1, 0.15) is 49.4 Å². The maximum Gasteiger partial charge on any atom is 0.490 e. The number of ether oxygens (including phenoxy) is 1. The Morgan fingerprint density at radius 2 is 1.83 bits per heavy atom. The zero-order valence-electron chi connectivity index (χ0n) is 20.1. The number of carboxylic acid groups (broad SMARTS) is 2. The lowest BCUT2D eigenvalue weighted by atomic mass is 9.56. The number of hydrogen-bond donors (Lipinski definition) is 3. The van der Waals surface area contributed by atoms with Gasteiger partial charge >= 0.3 is 18.1 Å². The number of aryl methyl sites for hydroxylation is 1. The Morgan fingerprint density at radius 1 is 1.17 bits per heavy atom. The highest BCUT2D eigenvalue weighted by Crippen LogP contribution is 2.56. The third kappa shape index (κ3) is 6.77. The van der Waals surface area contributed by atoms with Crippen molar-refractivity contribution in [1.29, 1.82) is 0 Å². The van der Waals surface area contributed by atoms with Crippen LogP contribution < -0.4 is 10.1 Å². The Hall–Kier alpha value is -3.56. The van der Waals surface area contributed by atoms with Crippen molar-refractivity contribution in [2.24, 2.45) is 5.41 Å². The second kappa shape index (κ2) is 11.0. The fraction of sp³-hybridized carbons (Fsp3) is 0.423. The molecule has 2 aromatic rings. The predicted molar refractivity (Wildman–Crippen MR) is 127 cm³/mol. The molecule has 1 fully saturated rings. The van der Waals surface area contributed by atoms with E-state index in [0.717, 1.165) is 48.6 Å². The average molecular weight is 507 g/mol. The number of pyridine rings is 1. The molecule has 4 rings (SSSR count). The van der Waals surface area contributed by atoms with Crippen molar-refractivity contribution in [3.05, 3.63) is 64.9 Å². The van der Waals surface area contributed by atoms with Gasteiger partial charge in [-0.1, -0.05) is 37.6 Å². The van der Waals surface area contributed by atoms with Crippen LogP contribution >= 0.6 is 0 Å². The van der Waals surface area contributed by atoms with E-state index in [1.165, 1.54) is 23.6 Å². The lowest BCUT2D eigenvalue weighted by Gasteiger charge is -2.47. The minimum atomic E-state index is -5.08. The molecule has 1 aromatic heterocycles. The van der Waals surface area contributed by atoms with Gasteiger partial charge in [0.15, 0.2) is 0 Å². The Kier molecular flexibility index (Phi) is 8.27. The Labute approximate surface area is 207 Å². The number of anilines is 1. The van der Waals surface area contributed by atoms with E-state index in [9.17, 15) is 18.0 Å². The van der Waals surface area contributed by atoms with Crippen LogP contribution in [-0.4, -0.2) is 46.5 Å². The summed E-state index contributed by atoms with van der Waals surface area (Å²) in [6.07, 6.45) is 0.123. The summed E-state index contributed by atoms with van der Waals surface area (Å²) in [5.41, 5.74) is 4.46. The maximum absolute atomic E-state index is 11.0. The number of aromatic nitrogens is 1. The third-order valence-corrected chi connectivity index (χ3v) is 6.52. The molecule has 1 atom stereocenters. The molecular formula is C26H29F3N2O5. The van der Waals surface area contributed by atoms with E-state index in [1.54, 1.807) is 0 Å². The number of fused-ring (bicyclic) bond motifs is 1. The Bertz CT molecular complexity index is 1130. The summed E-state index contributed by atoms with van der Waals surface area (Å²) >= 11 is 0. The largest absolute Gasteiger partial charge is 0.493 e.